The molecule has 1 aromatic rings. The zero-order chi connectivity index (χ0) is 18.7. The first-order valence-electron chi connectivity index (χ1n) is 9.06. The third-order valence-corrected chi connectivity index (χ3v) is 4.83. The molecule has 0 heterocycles. The quantitative estimate of drug-likeness (QED) is 0.861. The molecular formula is C20H31NO4. The van der Waals surface area contributed by atoms with Crippen LogP contribution >= 0.6 is 0 Å². The monoisotopic (exact) mass is 349 g/mol. The highest BCUT2D eigenvalue weighted by Gasteiger charge is 2.40. The zero-order valence-electron chi connectivity index (χ0n) is 15.8. The Morgan fingerprint density at radius 3 is 2.28 bits per heavy atom. The SMILES string of the molecule is CN(CC(c1ccc(O)cc1)C1(O)CCCCC1)C(=O)OC(C)(C)C. The van der Waals surface area contributed by atoms with Crippen LogP contribution in [0.2, 0.25) is 0 Å². The number of benzene rings is 1. The van der Waals surface area contributed by atoms with Crippen LogP contribution in [0.25, 0.3) is 0 Å². The Morgan fingerprint density at radius 2 is 1.76 bits per heavy atom. The van der Waals surface area contributed by atoms with Crippen LogP contribution < -0.4 is 0 Å². The van der Waals surface area contributed by atoms with Gasteiger partial charge in [0.1, 0.15) is 11.4 Å². The van der Waals surface area contributed by atoms with Gasteiger partial charge < -0.3 is 19.8 Å². The molecular weight excluding hydrogens is 318 g/mol. The van der Waals surface area contributed by atoms with E-state index in [2.05, 4.69) is 0 Å². The fraction of sp³-hybridized carbons (Fsp3) is 0.650. The van der Waals surface area contributed by atoms with E-state index < -0.39 is 17.3 Å². The van der Waals surface area contributed by atoms with Gasteiger partial charge in [0.25, 0.3) is 0 Å². The molecule has 1 atom stereocenters. The molecule has 2 rings (SSSR count). The van der Waals surface area contributed by atoms with Crippen LogP contribution in [0, 0.1) is 0 Å². The Labute approximate surface area is 150 Å². The maximum absolute atomic E-state index is 12.3. The van der Waals surface area contributed by atoms with E-state index in [-0.39, 0.29) is 11.7 Å². The van der Waals surface area contributed by atoms with Gasteiger partial charge in [-0.1, -0.05) is 31.4 Å². The number of hydrogen-bond acceptors (Lipinski definition) is 4. The van der Waals surface area contributed by atoms with Crippen molar-refractivity contribution in [2.24, 2.45) is 0 Å². The summed E-state index contributed by atoms with van der Waals surface area (Å²) in [6.07, 6.45) is 4.16. The van der Waals surface area contributed by atoms with Gasteiger partial charge in [-0.15, -0.1) is 0 Å². The second-order valence-electron chi connectivity index (χ2n) is 8.17. The first kappa shape index (κ1) is 19.6. The van der Waals surface area contributed by atoms with Crippen molar-refractivity contribution in [1.29, 1.82) is 0 Å². The number of likely N-dealkylation sites (N-methyl/N-ethyl adjacent to an activating group) is 1. The maximum atomic E-state index is 12.3. The van der Waals surface area contributed by atoms with E-state index in [1.165, 1.54) is 4.90 Å². The molecule has 1 aliphatic rings. The fourth-order valence-electron chi connectivity index (χ4n) is 3.49. The van der Waals surface area contributed by atoms with Crippen molar-refractivity contribution in [2.45, 2.75) is 70.0 Å². The van der Waals surface area contributed by atoms with E-state index >= 15 is 0 Å². The van der Waals surface area contributed by atoms with Crippen molar-refractivity contribution in [3.8, 4) is 5.75 Å². The molecule has 2 N–H and O–H groups in total. The Hall–Kier alpha value is -1.75. The number of carbonyl (C=O) groups excluding carboxylic acids is 1. The van der Waals surface area contributed by atoms with Crippen molar-refractivity contribution in [3.05, 3.63) is 29.8 Å². The summed E-state index contributed by atoms with van der Waals surface area (Å²) in [5.74, 6) is -0.0236. The number of nitrogens with zero attached hydrogens (tertiary/aromatic N) is 1. The summed E-state index contributed by atoms with van der Waals surface area (Å²) in [6, 6.07) is 6.91. The van der Waals surface area contributed by atoms with Crippen LogP contribution in [-0.4, -0.2) is 46.0 Å². The van der Waals surface area contributed by atoms with Gasteiger partial charge >= 0.3 is 6.09 Å². The average molecular weight is 349 g/mol. The number of phenolic OH excluding ortho intramolecular Hbond substituents is 1. The largest absolute Gasteiger partial charge is 0.508 e. The molecule has 0 aromatic heterocycles. The Balaban J connectivity index is 2.22. The molecule has 0 saturated heterocycles. The second-order valence-corrected chi connectivity index (χ2v) is 8.17. The van der Waals surface area contributed by atoms with Crippen LogP contribution in [0.1, 0.15) is 64.4 Å². The summed E-state index contributed by atoms with van der Waals surface area (Å²) in [5.41, 5.74) is -0.468. The van der Waals surface area contributed by atoms with Gasteiger partial charge in [0.05, 0.1) is 5.60 Å². The second kappa shape index (κ2) is 7.65. The van der Waals surface area contributed by atoms with E-state index in [1.54, 1.807) is 19.2 Å². The smallest absolute Gasteiger partial charge is 0.410 e. The minimum absolute atomic E-state index is 0.193. The molecule has 1 aliphatic carbocycles. The molecule has 25 heavy (non-hydrogen) atoms. The van der Waals surface area contributed by atoms with E-state index in [1.807, 2.05) is 32.9 Å². The molecule has 1 amide bonds. The highest BCUT2D eigenvalue weighted by atomic mass is 16.6. The average Bonchev–Trinajstić information content (AvgIpc) is 2.52. The van der Waals surface area contributed by atoms with Crippen molar-refractivity contribution in [1.82, 2.24) is 4.90 Å². The lowest BCUT2D eigenvalue weighted by molar-refractivity contribution is -0.0320. The molecule has 0 spiro atoms. The molecule has 5 nitrogen and oxygen atoms in total. The third-order valence-electron chi connectivity index (χ3n) is 4.83. The fourth-order valence-corrected chi connectivity index (χ4v) is 3.49. The number of aliphatic hydroxyl groups is 1. The van der Waals surface area contributed by atoms with Gasteiger partial charge in [0.15, 0.2) is 0 Å². The number of phenols is 1. The van der Waals surface area contributed by atoms with E-state index in [9.17, 15) is 15.0 Å². The predicted octanol–water partition coefficient (Wildman–Crippen LogP) is 4.04. The highest BCUT2D eigenvalue weighted by Crippen LogP contribution is 2.40. The minimum atomic E-state index is -0.842. The van der Waals surface area contributed by atoms with Gasteiger partial charge in [-0.05, 0) is 51.3 Å². The molecule has 140 valence electrons. The molecule has 1 saturated carbocycles. The van der Waals surface area contributed by atoms with E-state index in [0.29, 0.717) is 6.54 Å². The summed E-state index contributed by atoms with van der Waals surface area (Å²) in [4.78, 5) is 13.9. The minimum Gasteiger partial charge on any atom is -0.508 e. The molecule has 0 aliphatic heterocycles. The van der Waals surface area contributed by atoms with Crippen molar-refractivity contribution in [3.63, 3.8) is 0 Å². The Bertz CT molecular complexity index is 570. The van der Waals surface area contributed by atoms with Gasteiger partial charge in [-0.2, -0.15) is 0 Å². The molecule has 0 radical (unpaired) electrons. The van der Waals surface area contributed by atoms with Crippen LogP contribution in [0.5, 0.6) is 5.75 Å². The lowest BCUT2D eigenvalue weighted by Gasteiger charge is -2.41. The first-order chi connectivity index (χ1) is 11.6. The normalized spacial score (nSPS) is 18.4. The van der Waals surface area contributed by atoms with Crippen LogP contribution in [0.15, 0.2) is 24.3 Å². The van der Waals surface area contributed by atoms with Crippen LogP contribution in [0.4, 0.5) is 4.79 Å². The molecule has 5 heteroatoms. The molecule has 1 unspecified atom stereocenters. The summed E-state index contributed by atoms with van der Waals surface area (Å²) >= 11 is 0. The number of amides is 1. The van der Waals surface area contributed by atoms with Gasteiger partial charge in [0.2, 0.25) is 0 Å². The maximum Gasteiger partial charge on any atom is 0.410 e. The van der Waals surface area contributed by atoms with Crippen molar-refractivity contribution >= 4 is 6.09 Å². The topological polar surface area (TPSA) is 70.0 Å². The molecule has 0 bridgehead atoms. The lowest BCUT2D eigenvalue weighted by atomic mass is 9.72. The predicted molar refractivity (Wildman–Crippen MR) is 97.7 cm³/mol. The number of hydrogen-bond donors (Lipinski definition) is 2. The van der Waals surface area contributed by atoms with E-state index in [0.717, 1.165) is 37.7 Å². The van der Waals surface area contributed by atoms with Gasteiger partial charge in [-0.25, -0.2) is 4.79 Å². The Morgan fingerprint density at radius 1 is 1.20 bits per heavy atom. The highest BCUT2D eigenvalue weighted by molar-refractivity contribution is 5.67. The van der Waals surface area contributed by atoms with Crippen LogP contribution in [0.3, 0.4) is 0 Å². The summed E-state index contributed by atoms with van der Waals surface area (Å²) < 4.78 is 5.44. The van der Waals surface area contributed by atoms with Crippen molar-refractivity contribution < 1.29 is 19.7 Å². The van der Waals surface area contributed by atoms with Crippen molar-refractivity contribution in [2.75, 3.05) is 13.6 Å². The number of ether oxygens (including phenoxy) is 1. The zero-order valence-corrected chi connectivity index (χ0v) is 15.8. The summed E-state index contributed by atoms with van der Waals surface area (Å²) in [5, 5.41) is 20.8. The number of aromatic hydroxyl groups is 1. The Kier molecular flexibility index (Phi) is 5.99. The molecule has 1 fully saturated rings. The lowest BCUT2D eigenvalue weighted by Crippen LogP contribution is -2.45. The summed E-state index contributed by atoms with van der Waals surface area (Å²) in [6.45, 7) is 5.89. The number of rotatable bonds is 4. The molecule has 1 aromatic carbocycles. The van der Waals surface area contributed by atoms with E-state index in [4.69, 9.17) is 4.74 Å². The van der Waals surface area contributed by atoms with Gasteiger partial charge in [-0.3, -0.25) is 0 Å². The van der Waals surface area contributed by atoms with Crippen LogP contribution in [-0.2, 0) is 4.74 Å². The number of carbonyl (C=O) groups is 1. The third kappa shape index (κ3) is 5.36. The first-order valence-corrected chi connectivity index (χ1v) is 9.06. The summed E-state index contributed by atoms with van der Waals surface area (Å²) in [7, 11) is 1.70. The van der Waals surface area contributed by atoms with Gasteiger partial charge in [0, 0.05) is 19.5 Å². The standard InChI is InChI=1S/C20H31NO4/c1-19(2,3)25-18(23)21(4)14-17(15-8-10-16(22)11-9-15)20(24)12-6-5-7-13-20/h8-11,17,22,24H,5-7,12-14H2,1-4H3.